The molecule has 1 spiro atoms. The molecule has 5 aromatic carbocycles. The minimum atomic E-state index is -0.0555. The molecule has 0 aliphatic heterocycles. The van der Waals surface area contributed by atoms with Gasteiger partial charge < -0.3 is 4.90 Å². The first-order valence-electron chi connectivity index (χ1n) is 16.1. The highest BCUT2D eigenvalue weighted by Crippen LogP contribution is 2.71. The zero-order chi connectivity index (χ0) is 29.8. The van der Waals surface area contributed by atoms with Gasteiger partial charge in [-0.15, -0.1) is 0 Å². The fraction of sp³-hybridized carbons (Fsp3) is 0.209. The third kappa shape index (κ3) is 3.30. The van der Waals surface area contributed by atoms with E-state index in [1.807, 2.05) is 0 Å². The van der Waals surface area contributed by atoms with E-state index in [0.29, 0.717) is 5.92 Å². The van der Waals surface area contributed by atoms with E-state index in [1.54, 1.807) is 5.57 Å². The van der Waals surface area contributed by atoms with Crippen molar-refractivity contribution in [2.45, 2.75) is 50.4 Å². The third-order valence-electron chi connectivity index (χ3n) is 11.2. The Morgan fingerprint density at radius 1 is 0.591 bits per heavy atom. The lowest BCUT2D eigenvalue weighted by Gasteiger charge is -2.30. The van der Waals surface area contributed by atoms with Crippen LogP contribution in [0.5, 0.6) is 0 Å². The molecule has 214 valence electrons. The third-order valence-corrected chi connectivity index (χ3v) is 11.2. The number of hydrogen-bond donors (Lipinski definition) is 0. The van der Waals surface area contributed by atoms with Gasteiger partial charge in [-0.25, -0.2) is 0 Å². The van der Waals surface area contributed by atoms with Crippen molar-refractivity contribution in [3.05, 3.63) is 161 Å². The summed E-state index contributed by atoms with van der Waals surface area (Å²) in [5.74, 6) is 0.645. The first-order valence-corrected chi connectivity index (χ1v) is 16.1. The summed E-state index contributed by atoms with van der Waals surface area (Å²) in [5, 5.41) is 0. The highest BCUT2D eigenvalue weighted by atomic mass is 15.1. The Morgan fingerprint density at radius 3 is 2.11 bits per heavy atom. The number of anilines is 3. The van der Waals surface area contributed by atoms with Crippen LogP contribution in [0.25, 0.3) is 22.3 Å². The highest BCUT2D eigenvalue weighted by molar-refractivity contribution is 5.95. The Bertz CT molecular complexity index is 2040. The second-order valence-electron chi connectivity index (χ2n) is 14.2. The van der Waals surface area contributed by atoms with Crippen molar-refractivity contribution in [1.29, 1.82) is 0 Å². The number of allylic oxidation sites excluding steroid dienone is 4. The normalized spacial score (nSPS) is 22.3. The molecule has 0 amide bonds. The number of benzene rings is 5. The molecule has 9 rings (SSSR count). The topological polar surface area (TPSA) is 3.24 Å². The lowest BCUT2D eigenvalue weighted by molar-refractivity contribution is 0.600. The van der Waals surface area contributed by atoms with Crippen LogP contribution in [0.15, 0.2) is 139 Å². The summed E-state index contributed by atoms with van der Waals surface area (Å²) in [6, 6.07) is 43.1. The SMILES string of the molecule is CC1(C)C2=CC=CC3CC23c2ccc(N(c3ccc(-c4ccccc4)cc3)c3cccc4c3-c3ccccc3C4(C)C)cc21. The maximum absolute atomic E-state index is 2.51. The molecule has 2 unspecified atom stereocenters. The van der Waals surface area contributed by atoms with E-state index in [4.69, 9.17) is 0 Å². The summed E-state index contributed by atoms with van der Waals surface area (Å²) in [4.78, 5) is 2.51. The van der Waals surface area contributed by atoms with E-state index >= 15 is 0 Å². The van der Waals surface area contributed by atoms with Gasteiger partial charge in [-0.05, 0) is 87.2 Å². The molecule has 0 radical (unpaired) electrons. The van der Waals surface area contributed by atoms with Crippen molar-refractivity contribution < 1.29 is 0 Å². The number of nitrogens with zero attached hydrogens (tertiary/aromatic N) is 1. The first-order chi connectivity index (χ1) is 21.3. The van der Waals surface area contributed by atoms with Crippen molar-refractivity contribution in [3.63, 3.8) is 0 Å². The number of fused-ring (bicyclic) bond motifs is 4. The summed E-state index contributed by atoms with van der Waals surface area (Å²) in [6.45, 7) is 9.60. The second kappa shape index (κ2) is 8.73. The molecule has 0 saturated heterocycles. The average Bonchev–Trinajstić information content (AvgIpc) is 3.72. The molecule has 5 aromatic rings. The van der Waals surface area contributed by atoms with Gasteiger partial charge in [-0.2, -0.15) is 0 Å². The molecule has 4 aliphatic rings. The largest absolute Gasteiger partial charge is 0.310 e. The average molecular weight is 568 g/mol. The molecule has 0 heterocycles. The summed E-state index contributed by atoms with van der Waals surface area (Å²) in [7, 11) is 0. The van der Waals surface area contributed by atoms with Crippen LogP contribution < -0.4 is 4.90 Å². The van der Waals surface area contributed by atoms with Crippen LogP contribution >= 0.6 is 0 Å². The van der Waals surface area contributed by atoms with Crippen molar-refractivity contribution in [2.75, 3.05) is 4.90 Å². The van der Waals surface area contributed by atoms with Gasteiger partial charge in [0.15, 0.2) is 0 Å². The summed E-state index contributed by atoms with van der Waals surface area (Å²) >= 11 is 0. The smallest absolute Gasteiger partial charge is 0.0543 e. The van der Waals surface area contributed by atoms with Crippen LogP contribution in [0.2, 0.25) is 0 Å². The van der Waals surface area contributed by atoms with Crippen molar-refractivity contribution in [3.8, 4) is 22.3 Å². The highest BCUT2D eigenvalue weighted by Gasteiger charge is 2.65. The van der Waals surface area contributed by atoms with Gasteiger partial charge in [-0.3, -0.25) is 0 Å². The molecule has 2 atom stereocenters. The molecule has 4 aliphatic carbocycles. The molecule has 44 heavy (non-hydrogen) atoms. The van der Waals surface area contributed by atoms with Crippen LogP contribution in [0.4, 0.5) is 17.1 Å². The van der Waals surface area contributed by atoms with E-state index in [2.05, 4.69) is 166 Å². The predicted octanol–water partition coefficient (Wildman–Crippen LogP) is 11.2. The standard InChI is InChI=1S/C43H37N/c1-41(2)34-16-9-8-15-33(34)40-36(41)17-11-18-38(40)44(31-22-20-29(21-23-31)28-12-6-5-7-13-28)32-24-25-35-37(26-32)42(3,4)39-19-10-14-30-27-43(30,35)39/h5-26,30H,27H2,1-4H3. The van der Waals surface area contributed by atoms with Gasteiger partial charge in [0.2, 0.25) is 0 Å². The monoisotopic (exact) mass is 567 g/mol. The van der Waals surface area contributed by atoms with E-state index in [-0.39, 0.29) is 16.2 Å². The molecule has 0 aromatic heterocycles. The lowest BCUT2D eigenvalue weighted by atomic mass is 9.78. The second-order valence-corrected chi connectivity index (χ2v) is 14.2. The summed E-state index contributed by atoms with van der Waals surface area (Å²) in [5.41, 5.74) is 16.4. The minimum absolute atomic E-state index is 0.000909. The van der Waals surface area contributed by atoms with Crippen LogP contribution in [0.1, 0.15) is 56.4 Å². The van der Waals surface area contributed by atoms with Gasteiger partial charge in [0.1, 0.15) is 0 Å². The lowest BCUT2D eigenvalue weighted by Crippen LogP contribution is -2.21. The van der Waals surface area contributed by atoms with Crippen LogP contribution in [0, 0.1) is 5.92 Å². The molecular formula is C43H37N. The fourth-order valence-electron chi connectivity index (χ4n) is 8.99. The van der Waals surface area contributed by atoms with Crippen LogP contribution in [0.3, 0.4) is 0 Å². The van der Waals surface area contributed by atoms with Gasteiger partial charge in [-0.1, -0.05) is 131 Å². The predicted molar refractivity (Wildman–Crippen MR) is 184 cm³/mol. The minimum Gasteiger partial charge on any atom is -0.310 e. The quantitative estimate of drug-likeness (QED) is 0.209. The number of rotatable bonds is 4. The Balaban J connectivity index is 1.26. The zero-order valence-electron chi connectivity index (χ0n) is 25.9. The molecule has 1 heteroatoms. The van der Waals surface area contributed by atoms with Gasteiger partial charge >= 0.3 is 0 Å². The van der Waals surface area contributed by atoms with Gasteiger partial charge in [0.25, 0.3) is 0 Å². The zero-order valence-corrected chi connectivity index (χ0v) is 25.9. The molecular weight excluding hydrogens is 530 g/mol. The maximum Gasteiger partial charge on any atom is 0.0543 e. The van der Waals surface area contributed by atoms with Gasteiger partial charge in [0, 0.05) is 33.2 Å². The molecule has 1 fully saturated rings. The first kappa shape index (κ1) is 25.8. The Kier molecular flexibility index (Phi) is 5.13. The molecule has 0 bridgehead atoms. The van der Waals surface area contributed by atoms with Crippen molar-refractivity contribution >= 4 is 17.1 Å². The summed E-state index contributed by atoms with van der Waals surface area (Å²) in [6.07, 6.45) is 8.38. The Morgan fingerprint density at radius 2 is 1.30 bits per heavy atom. The van der Waals surface area contributed by atoms with E-state index in [1.165, 1.54) is 68.0 Å². The van der Waals surface area contributed by atoms with Gasteiger partial charge in [0.05, 0.1) is 5.69 Å². The molecule has 1 nitrogen and oxygen atoms in total. The Hall–Kier alpha value is -4.62. The van der Waals surface area contributed by atoms with Crippen LogP contribution in [-0.4, -0.2) is 0 Å². The fourth-order valence-corrected chi connectivity index (χ4v) is 8.99. The van der Waals surface area contributed by atoms with Crippen molar-refractivity contribution in [1.82, 2.24) is 0 Å². The molecule has 0 N–H and O–H groups in total. The number of hydrogen-bond acceptors (Lipinski definition) is 1. The van der Waals surface area contributed by atoms with E-state index in [9.17, 15) is 0 Å². The summed E-state index contributed by atoms with van der Waals surface area (Å²) < 4.78 is 0. The van der Waals surface area contributed by atoms with E-state index in [0.717, 1.165) is 0 Å². The molecule has 1 saturated carbocycles. The Labute approximate surface area is 261 Å². The van der Waals surface area contributed by atoms with Crippen molar-refractivity contribution in [2.24, 2.45) is 5.92 Å². The van der Waals surface area contributed by atoms with E-state index < -0.39 is 0 Å². The van der Waals surface area contributed by atoms with Crippen LogP contribution in [-0.2, 0) is 16.2 Å². The maximum atomic E-state index is 2.51.